The van der Waals surface area contributed by atoms with Gasteiger partial charge in [0.25, 0.3) is 0 Å². The fourth-order valence-electron chi connectivity index (χ4n) is 3.81. The van der Waals surface area contributed by atoms with Crippen LogP contribution in [0.25, 0.3) is 0 Å². The molecular weight excluding hydrogens is 246 g/mol. The molecule has 2 fully saturated rings. The Morgan fingerprint density at radius 2 is 2.00 bits per heavy atom. The Hall–Kier alpha value is -0.500. The van der Waals surface area contributed by atoms with Gasteiger partial charge in [0.1, 0.15) is 11.1 Å². The standard InChI is InChI=1S/C15H22ClNO/c1-10(16)15-17-9-14(18-15)13-7-6-11-4-2-3-5-12(11)8-13/h9-13H,2-8H2,1H3. The van der Waals surface area contributed by atoms with Crippen LogP contribution in [0.5, 0.6) is 0 Å². The lowest BCUT2D eigenvalue weighted by atomic mass is 9.67. The van der Waals surface area contributed by atoms with Crippen molar-refractivity contribution in [1.29, 1.82) is 0 Å². The summed E-state index contributed by atoms with van der Waals surface area (Å²) >= 11 is 6.01. The zero-order chi connectivity index (χ0) is 12.5. The van der Waals surface area contributed by atoms with Crippen LogP contribution in [0, 0.1) is 11.8 Å². The Morgan fingerprint density at radius 3 is 2.72 bits per heavy atom. The Kier molecular flexibility index (Phi) is 3.65. The van der Waals surface area contributed by atoms with E-state index >= 15 is 0 Å². The SMILES string of the molecule is CC(Cl)c1ncc(C2CCC3CCCCC3C2)o1. The summed E-state index contributed by atoms with van der Waals surface area (Å²) in [4.78, 5) is 4.30. The first-order valence-electron chi connectivity index (χ1n) is 7.33. The van der Waals surface area contributed by atoms with Gasteiger partial charge in [-0.25, -0.2) is 4.98 Å². The van der Waals surface area contributed by atoms with Crippen molar-refractivity contribution in [3.05, 3.63) is 17.8 Å². The lowest BCUT2D eigenvalue weighted by molar-refractivity contribution is 0.147. The minimum Gasteiger partial charge on any atom is -0.444 e. The highest BCUT2D eigenvalue weighted by Crippen LogP contribution is 2.46. The largest absolute Gasteiger partial charge is 0.444 e. The van der Waals surface area contributed by atoms with E-state index in [-0.39, 0.29) is 5.38 Å². The van der Waals surface area contributed by atoms with Gasteiger partial charge in [-0.05, 0) is 38.0 Å². The molecule has 0 aromatic carbocycles. The van der Waals surface area contributed by atoms with Gasteiger partial charge in [0.15, 0.2) is 0 Å². The second kappa shape index (κ2) is 5.24. The molecule has 2 aliphatic carbocycles. The molecule has 4 unspecified atom stereocenters. The van der Waals surface area contributed by atoms with Gasteiger partial charge in [0.2, 0.25) is 5.89 Å². The molecule has 1 heterocycles. The third-order valence-electron chi connectivity index (χ3n) is 4.82. The van der Waals surface area contributed by atoms with Crippen LogP contribution in [-0.4, -0.2) is 4.98 Å². The summed E-state index contributed by atoms with van der Waals surface area (Å²) in [5, 5.41) is -0.121. The smallest absolute Gasteiger partial charge is 0.212 e. The third kappa shape index (κ3) is 2.45. The van der Waals surface area contributed by atoms with E-state index in [1.54, 1.807) is 0 Å². The summed E-state index contributed by atoms with van der Waals surface area (Å²) < 4.78 is 5.82. The van der Waals surface area contributed by atoms with Gasteiger partial charge < -0.3 is 4.42 Å². The van der Waals surface area contributed by atoms with Crippen molar-refractivity contribution in [3.8, 4) is 0 Å². The third-order valence-corrected chi connectivity index (χ3v) is 5.01. The molecule has 0 spiro atoms. The molecule has 0 aliphatic heterocycles. The van der Waals surface area contributed by atoms with Crippen LogP contribution in [0.3, 0.4) is 0 Å². The molecule has 3 rings (SSSR count). The van der Waals surface area contributed by atoms with Gasteiger partial charge in [0.05, 0.1) is 6.20 Å². The van der Waals surface area contributed by atoms with Gasteiger partial charge in [-0.15, -0.1) is 11.6 Å². The normalized spacial score (nSPS) is 34.0. The maximum atomic E-state index is 6.01. The van der Waals surface area contributed by atoms with E-state index in [2.05, 4.69) is 4.98 Å². The van der Waals surface area contributed by atoms with Crippen molar-refractivity contribution in [2.45, 2.75) is 63.2 Å². The quantitative estimate of drug-likeness (QED) is 0.701. The highest BCUT2D eigenvalue weighted by atomic mass is 35.5. The van der Waals surface area contributed by atoms with Crippen molar-refractivity contribution < 1.29 is 4.42 Å². The zero-order valence-corrected chi connectivity index (χ0v) is 11.8. The van der Waals surface area contributed by atoms with Crippen molar-refractivity contribution >= 4 is 11.6 Å². The summed E-state index contributed by atoms with van der Waals surface area (Å²) in [5.41, 5.74) is 0. The maximum absolute atomic E-state index is 6.01. The molecule has 18 heavy (non-hydrogen) atoms. The van der Waals surface area contributed by atoms with E-state index in [1.165, 1.54) is 44.9 Å². The van der Waals surface area contributed by atoms with Crippen LogP contribution in [0.15, 0.2) is 10.6 Å². The maximum Gasteiger partial charge on any atom is 0.212 e. The Labute approximate surface area is 114 Å². The number of oxazole rings is 1. The highest BCUT2D eigenvalue weighted by molar-refractivity contribution is 6.20. The first kappa shape index (κ1) is 12.5. The first-order valence-corrected chi connectivity index (χ1v) is 7.77. The number of aromatic nitrogens is 1. The van der Waals surface area contributed by atoms with Crippen LogP contribution in [0.4, 0.5) is 0 Å². The summed E-state index contributed by atoms with van der Waals surface area (Å²) in [5.74, 6) is 4.25. The molecule has 0 amide bonds. The molecule has 3 heteroatoms. The van der Waals surface area contributed by atoms with Gasteiger partial charge in [-0.3, -0.25) is 0 Å². The van der Waals surface area contributed by atoms with Crippen LogP contribution < -0.4 is 0 Å². The zero-order valence-electron chi connectivity index (χ0n) is 11.1. The molecule has 4 atom stereocenters. The van der Waals surface area contributed by atoms with Gasteiger partial charge >= 0.3 is 0 Å². The molecular formula is C15H22ClNO. The van der Waals surface area contributed by atoms with Crippen LogP contribution in [0.2, 0.25) is 0 Å². The number of rotatable bonds is 2. The van der Waals surface area contributed by atoms with E-state index in [1.807, 2.05) is 13.1 Å². The minimum absolute atomic E-state index is 0.121. The molecule has 0 radical (unpaired) electrons. The molecule has 0 N–H and O–H groups in total. The average Bonchev–Trinajstić information content (AvgIpc) is 2.88. The number of hydrogen-bond donors (Lipinski definition) is 0. The second-order valence-corrected chi connectivity index (χ2v) is 6.69. The lowest BCUT2D eigenvalue weighted by Crippen LogP contribution is -2.26. The first-order chi connectivity index (χ1) is 8.74. The Balaban J connectivity index is 1.69. The van der Waals surface area contributed by atoms with Gasteiger partial charge in [0, 0.05) is 5.92 Å². The van der Waals surface area contributed by atoms with Crippen LogP contribution in [0.1, 0.15) is 74.8 Å². The van der Waals surface area contributed by atoms with Crippen molar-refractivity contribution in [2.24, 2.45) is 11.8 Å². The van der Waals surface area contributed by atoms with Gasteiger partial charge in [-0.1, -0.05) is 25.7 Å². The summed E-state index contributed by atoms with van der Waals surface area (Å²) in [6.07, 6.45) is 11.6. The van der Waals surface area contributed by atoms with E-state index in [4.69, 9.17) is 16.0 Å². The molecule has 0 bridgehead atoms. The molecule has 2 nitrogen and oxygen atoms in total. The number of halogens is 1. The lowest BCUT2D eigenvalue weighted by Gasteiger charge is -2.38. The molecule has 2 saturated carbocycles. The number of fused-ring (bicyclic) bond motifs is 1. The number of nitrogens with zero attached hydrogens (tertiary/aromatic N) is 1. The van der Waals surface area contributed by atoms with Crippen molar-refractivity contribution in [1.82, 2.24) is 4.98 Å². The summed E-state index contributed by atoms with van der Waals surface area (Å²) in [6, 6.07) is 0. The average molecular weight is 268 g/mol. The summed E-state index contributed by atoms with van der Waals surface area (Å²) in [7, 11) is 0. The molecule has 100 valence electrons. The van der Waals surface area contributed by atoms with Crippen molar-refractivity contribution in [3.63, 3.8) is 0 Å². The molecule has 1 aromatic heterocycles. The number of hydrogen-bond acceptors (Lipinski definition) is 2. The van der Waals surface area contributed by atoms with E-state index in [9.17, 15) is 0 Å². The Bertz CT molecular complexity index is 401. The Morgan fingerprint density at radius 1 is 1.22 bits per heavy atom. The monoisotopic (exact) mass is 267 g/mol. The second-order valence-electron chi connectivity index (χ2n) is 6.03. The predicted molar refractivity (Wildman–Crippen MR) is 72.8 cm³/mol. The topological polar surface area (TPSA) is 26.0 Å². The van der Waals surface area contributed by atoms with Gasteiger partial charge in [-0.2, -0.15) is 0 Å². The van der Waals surface area contributed by atoms with Crippen molar-refractivity contribution in [2.75, 3.05) is 0 Å². The number of alkyl halides is 1. The predicted octanol–water partition coefficient (Wildman–Crippen LogP) is 5.05. The minimum atomic E-state index is -0.121. The van der Waals surface area contributed by atoms with E-state index in [0.717, 1.165) is 17.6 Å². The molecule has 0 saturated heterocycles. The molecule has 2 aliphatic rings. The highest BCUT2D eigenvalue weighted by Gasteiger charge is 2.34. The van der Waals surface area contributed by atoms with E-state index in [0.29, 0.717) is 11.8 Å². The fourth-order valence-corrected chi connectivity index (χ4v) is 3.91. The molecule has 1 aromatic rings. The summed E-state index contributed by atoms with van der Waals surface area (Å²) in [6.45, 7) is 1.91. The van der Waals surface area contributed by atoms with Crippen LogP contribution >= 0.6 is 11.6 Å². The van der Waals surface area contributed by atoms with E-state index < -0.39 is 0 Å². The van der Waals surface area contributed by atoms with Crippen LogP contribution in [-0.2, 0) is 0 Å². The fraction of sp³-hybridized carbons (Fsp3) is 0.800.